The Morgan fingerprint density at radius 2 is 1.65 bits per heavy atom. The molecule has 2 aromatic rings. The lowest BCUT2D eigenvalue weighted by Crippen LogP contribution is -2.34. The topological polar surface area (TPSA) is 42.2 Å². The molecule has 1 aliphatic rings. The molecule has 0 bridgehead atoms. The predicted molar refractivity (Wildman–Crippen MR) is 108 cm³/mol. The summed E-state index contributed by atoms with van der Waals surface area (Å²) < 4.78 is 1.97. The molecule has 0 amide bonds. The minimum atomic E-state index is -0.929. The first-order chi connectivity index (χ1) is 12.0. The first-order valence-electron chi connectivity index (χ1n) is 9.25. The summed E-state index contributed by atoms with van der Waals surface area (Å²) in [5.74, 6) is -0.929. The van der Waals surface area contributed by atoms with E-state index in [0.717, 1.165) is 11.3 Å². The summed E-state index contributed by atoms with van der Waals surface area (Å²) in [7, 11) is 1.95. The van der Waals surface area contributed by atoms with E-state index in [0.29, 0.717) is 0 Å². The highest BCUT2D eigenvalue weighted by atomic mass is 16.4. The fourth-order valence-corrected chi connectivity index (χ4v) is 4.08. The summed E-state index contributed by atoms with van der Waals surface area (Å²) in [4.78, 5) is 10.8. The molecular weight excluding hydrogens is 322 g/mol. The fraction of sp³-hybridized carbons (Fsp3) is 0.435. The summed E-state index contributed by atoms with van der Waals surface area (Å²) >= 11 is 0. The van der Waals surface area contributed by atoms with Crippen LogP contribution in [0.4, 0.5) is 0 Å². The lowest BCUT2D eigenvalue weighted by molar-refractivity contribution is -0.131. The number of nitrogens with zero attached hydrogens (tertiary/aromatic N) is 1. The summed E-state index contributed by atoms with van der Waals surface area (Å²) in [6, 6.07) is 6.80. The maximum absolute atomic E-state index is 10.8. The van der Waals surface area contributed by atoms with E-state index in [9.17, 15) is 4.79 Å². The van der Waals surface area contributed by atoms with Crippen molar-refractivity contribution in [2.75, 3.05) is 0 Å². The lowest BCUT2D eigenvalue weighted by atomic mass is 9.62. The van der Waals surface area contributed by atoms with Crippen molar-refractivity contribution < 1.29 is 9.90 Å². The van der Waals surface area contributed by atoms with Crippen molar-refractivity contribution in [3.63, 3.8) is 0 Å². The number of carboxylic acid groups (broad SMARTS) is 1. The Balaban J connectivity index is 2.13. The normalized spacial score (nSPS) is 18.1. The van der Waals surface area contributed by atoms with E-state index in [-0.39, 0.29) is 10.8 Å². The third-order valence-electron chi connectivity index (χ3n) is 5.95. The van der Waals surface area contributed by atoms with Crippen LogP contribution in [0.15, 0.2) is 30.5 Å². The van der Waals surface area contributed by atoms with Crippen molar-refractivity contribution in [1.29, 1.82) is 0 Å². The van der Waals surface area contributed by atoms with Gasteiger partial charge in [-0.05, 0) is 71.1 Å². The van der Waals surface area contributed by atoms with Crippen molar-refractivity contribution in [1.82, 2.24) is 4.57 Å². The molecule has 138 valence electrons. The van der Waals surface area contributed by atoms with Crippen LogP contribution in [0.3, 0.4) is 0 Å². The molecule has 0 spiro atoms. The Kier molecular flexibility index (Phi) is 4.38. The number of carbonyl (C=O) groups is 1. The molecule has 0 saturated heterocycles. The first-order valence-corrected chi connectivity index (χ1v) is 9.25. The van der Waals surface area contributed by atoms with Gasteiger partial charge >= 0.3 is 5.97 Å². The molecule has 3 nitrogen and oxygen atoms in total. The smallest absolute Gasteiger partial charge is 0.328 e. The van der Waals surface area contributed by atoms with Gasteiger partial charge in [0.2, 0.25) is 0 Å². The van der Waals surface area contributed by atoms with Gasteiger partial charge in [-0.1, -0.05) is 33.8 Å². The number of hydrogen-bond donors (Lipinski definition) is 1. The SMILES string of the molecule is Cc1cc2c(cc1-c1cc(/C=C/C(=O)O)n(C)c1)C(C)(C)CCC2(C)C. The van der Waals surface area contributed by atoms with Crippen molar-refractivity contribution >= 4 is 12.0 Å². The van der Waals surface area contributed by atoms with Crippen molar-refractivity contribution in [3.8, 4) is 11.1 Å². The number of benzene rings is 1. The third kappa shape index (κ3) is 3.23. The molecule has 0 unspecified atom stereocenters. The average molecular weight is 351 g/mol. The molecule has 0 atom stereocenters. The number of aromatic nitrogens is 1. The van der Waals surface area contributed by atoms with E-state index >= 15 is 0 Å². The second-order valence-electron chi connectivity index (χ2n) is 8.92. The number of rotatable bonds is 3. The molecule has 3 heteroatoms. The monoisotopic (exact) mass is 351 g/mol. The summed E-state index contributed by atoms with van der Waals surface area (Å²) in [6.45, 7) is 11.5. The highest BCUT2D eigenvalue weighted by Crippen LogP contribution is 2.47. The van der Waals surface area contributed by atoms with Crippen LogP contribution < -0.4 is 0 Å². The summed E-state index contributed by atoms with van der Waals surface area (Å²) in [5.41, 5.74) is 7.83. The zero-order valence-corrected chi connectivity index (χ0v) is 16.7. The molecule has 1 aromatic heterocycles. The molecule has 1 aliphatic carbocycles. The number of hydrogen-bond acceptors (Lipinski definition) is 1. The number of aliphatic carboxylic acids is 1. The van der Waals surface area contributed by atoms with Gasteiger partial charge in [0.1, 0.15) is 0 Å². The molecule has 0 fully saturated rings. The van der Waals surface area contributed by atoms with Crippen LogP contribution in [-0.2, 0) is 22.7 Å². The maximum atomic E-state index is 10.8. The minimum Gasteiger partial charge on any atom is -0.478 e. The average Bonchev–Trinajstić information content (AvgIpc) is 2.90. The molecule has 0 saturated carbocycles. The number of aryl methyl sites for hydroxylation is 2. The third-order valence-corrected chi connectivity index (χ3v) is 5.95. The highest BCUT2D eigenvalue weighted by molar-refractivity contribution is 5.85. The van der Waals surface area contributed by atoms with E-state index in [1.807, 2.05) is 11.6 Å². The molecule has 3 rings (SSSR count). The van der Waals surface area contributed by atoms with Crippen LogP contribution in [0, 0.1) is 6.92 Å². The first kappa shape index (κ1) is 18.5. The van der Waals surface area contributed by atoms with E-state index in [2.05, 4.69) is 59.0 Å². The minimum absolute atomic E-state index is 0.175. The molecule has 0 radical (unpaired) electrons. The van der Waals surface area contributed by atoms with E-state index in [1.165, 1.54) is 41.2 Å². The van der Waals surface area contributed by atoms with Gasteiger partial charge in [-0.15, -0.1) is 0 Å². The molecular formula is C23H29NO2. The van der Waals surface area contributed by atoms with Crippen LogP contribution >= 0.6 is 0 Å². The molecule has 1 N–H and O–H groups in total. The van der Waals surface area contributed by atoms with E-state index in [1.54, 1.807) is 6.08 Å². The van der Waals surface area contributed by atoms with Gasteiger partial charge < -0.3 is 9.67 Å². The Morgan fingerprint density at radius 3 is 2.23 bits per heavy atom. The maximum Gasteiger partial charge on any atom is 0.328 e. The highest BCUT2D eigenvalue weighted by Gasteiger charge is 2.37. The second-order valence-corrected chi connectivity index (χ2v) is 8.92. The Bertz CT molecular complexity index is 897. The number of carboxylic acids is 1. The Hall–Kier alpha value is -2.29. The second kappa shape index (κ2) is 6.15. The Morgan fingerprint density at radius 1 is 1.08 bits per heavy atom. The van der Waals surface area contributed by atoms with Gasteiger partial charge in [0.15, 0.2) is 0 Å². The van der Waals surface area contributed by atoms with Crippen LogP contribution in [0.5, 0.6) is 0 Å². The van der Waals surface area contributed by atoms with Gasteiger partial charge in [-0.2, -0.15) is 0 Å². The van der Waals surface area contributed by atoms with Crippen LogP contribution in [0.2, 0.25) is 0 Å². The van der Waals surface area contributed by atoms with Gasteiger partial charge in [0.25, 0.3) is 0 Å². The zero-order valence-electron chi connectivity index (χ0n) is 16.7. The van der Waals surface area contributed by atoms with Crippen LogP contribution in [0.1, 0.15) is 62.9 Å². The van der Waals surface area contributed by atoms with Gasteiger partial charge in [0, 0.05) is 30.6 Å². The Labute approximate surface area is 156 Å². The quantitative estimate of drug-likeness (QED) is 0.747. The predicted octanol–water partition coefficient (Wildman–Crippen LogP) is 5.45. The lowest BCUT2D eigenvalue weighted by Gasteiger charge is -2.42. The van der Waals surface area contributed by atoms with Crippen molar-refractivity contribution in [2.24, 2.45) is 7.05 Å². The summed E-state index contributed by atoms with van der Waals surface area (Å²) in [5, 5.41) is 8.88. The van der Waals surface area contributed by atoms with Crippen LogP contribution in [-0.4, -0.2) is 15.6 Å². The molecule has 1 aromatic carbocycles. The zero-order chi connectivity index (χ0) is 19.3. The van der Waals surface area contributed by atoms with Gasteiger partial charge in [-0.25, -0.2) is 4.79 Å². The number of fused-ring (bicyclic) bond motifs is 1. The van der Waals surface area contributed by atoms with Crippen molar-refractivity contribution in [2.45, 2.75) is 58.3 Å². The largest absolute Gasteiger partial charge is 0.478 e. The molecule has 1 heterocycles. The fourth-order valence-electron chi connectivity index (χ4n) is 4.08. The van der Waals surface area contributed by atoms with Crippen molar-refractivity contribution in [3.05, 3.63) is 52.9 Å². The van der Waals surface area contributed by atoms with Crippen LogP contribution in [0.25, 0.3) is 17.2 Å². The molecule has 0 aliphatic heterocycles. The van der Waals surface area contributed by atoms with E-state index < -0.39 is 5.97 Å². The van der Waals surface area contributed by atoms with Gasteiger partial charge in [-0.3, -0.25) is 0 Å². The van der Waals surface area contributed by atoms with Gasteiger partial charge in [0.05, 0.1) is 0 Å². The summed E-state index contributed by atoms with van der Waals surface area (Å²) in [6.07, 6.45) is 7.31. The standard InChI is InChI=1S/C23H29NO2/c1-15-11-19-20(23(4,5)10-9-22(19,2)3)13-18(15)16-12-17(24(6)14-16)7-8-21(25)26/h7-8,11-14H,9-10H2,1-6H3,(H,25,26)/b8-7+. The van der Waals surface area contributed by atoms with E-state index in [4.69, 9.17) is 5.11 Å². The molecule has 26 heavy (non-hydrogen) atoms.